The third kappa shape index (κ3) is 7.53. The highest BCUT2D eigenvalue weighted by Crippen LogP contribution is 2.43. The molecule has 4 aromatic carbocycles. The van der Waals surface area contributed by atoms with Crippen molar-refractivity contribution in [2.24, 2.45) is 0 Å². The summed E-state index contributed by atoms with van der Waals surface area (Å²) in [5.41, 5.74) is 7.50. The van der Waals surface area contributed by atoms with Crippen LogP contribution < -0.4 is 10.2 Å². The Kier molecular flexibility index (Phi) is 11.1. The number of ether oxygens (including phenoxy) is 1. The SMILES string of the molecule is COCc1ccc(N2CCC(N3CCCCC3=O)CC2)c(NC(=O)c2[nH]c3cc(Cl)ccc3c2-c2c(-c3ccccc3)ncn2[C@@H](C)c2ccc(Cl)cc2Cl)c1. The van der Waals surface area contributed by atoms with Crippen LogP contribution in [0, 0.1) is 0 Å². The molecule has 9 nitrogen and oxygen atoms in total. The van der Waals surface area contributed by atoms with Crippen LogP contribution in [0.1, 0.15) is 66.7 Å². The van der Waals surface area contributed by atoms with E-state index in [2.05, 4.69) is 37.7 Å². The van der Waals surface area contributed by atoms with E-state index in [9.17, 15) is 9.59 Å². The monoisotopic (exact) mass is 808 g/mol. The minimum atomic E-state index is -0.319. The van der Waals surface area contributed by atoms with Gasteiger partial charge >= 0.3 is 0 Å². The van der Waals surface area contributed by atoms with Gasteiger partial charge in [0.15, 0.2) is 0 Å². The Balaban J connectivity index is 1.21. The van der Waals surface area contributed by atoms with Crippen molar-refractivity contribution in [2.75, 3.05) is 37.0 Å². The van der Waals surface area contributed by atoms with E-state index in [1.165, 1.54) is 0 Å². The number of halogens is 3. The summed E-state index contributed by atoms with van der Waals surface area (Å²) in [4.78, 5) is 40.5. The van der Waals surface area contributed by atoms with Crippen molar-refractivity contribution < 1.29 is 14.3 Å². The third-order valence-corrected chi connectivity index (χ3v) is 11.9. The Morgan fingerprint density at radius 1 is 0.946 bits per heavy atom. The predicted molar refractivity (Wildman–Crippen MR) is 226 cm³/mol. The van der Waals surface area contributed by atoms with Gasteiger partial charge in [-0.3, -0.25) is 9.59 Å². The average Bonchev–Trinajstić information content (AvgIpc) is 3.80. The molecule has 8 rings (SSSR count). The molecule has 0 unspecified atom stereocenters. The van der Waals surface area contributed by atoms with Gasteiger partial charge in [-0.15, -0.1) is 0 Å². The quantitative estimate of drug-likeness (QED) is 0.144. The van der Waals surface area contributed by atoms with Gasteiger partial charge in [0.05, 0.1) is 41.7 Å². The summed E-state index contributed by atoms with van der Waals surface area (Å²) in [6.07, 6.45) is 6.22. The van der Waals surface area contributed by atoms with E-state index in [1.807, 2.05) is 72.8 Å². The van der Waals surface area contributed by atoms with Crippen LogP contribution in [0.15, 0.2) is 91.3 Å². The first-order chi connectivity index (χ1) is 27.2. The van der Waals surface area contributed by atoms with Crippen LogP contribution in [0.2, 0.25) is 15.1 Å². The number of rotatable bonds is 10. The van der Waals surface area contributed by atoms with E-state index in [-0.39, 0.29) is 23.9 Å². The number of hydrogen-bond donors (Lipinski definition) is 2. The molecule has 0 spiro atoms. The van der Waals surface area contributed by atoms with Gasteiger partial charge in [0.2, 0.25) is 5.91 Å². The lowest BCUT2D eigenvalue weighted by atomic mass is 9.98. The Morgan fingerprint density at radius 2 is 1.71 bits per heavy atom. The summed E-state index contributed by atoms with van der Waals surface area (Å²) in [6.45, 7) is 4.82. The van der Waals surface area contributed by atoms with Crippen LogP contribution >= 0.6 is 34.8 Å². The van der Waals surface area contributed by atoms with Crippen LogP contribution in [0.3, 0.4) is 0 Å². The molecule has 2 aliphatic rings. The molecule has 0 radical (unpaired) electrons. The lowest BCUT2D eigenvalue weighted by molar-refractivity contribution is -0.136. The van der Waals surface area contributed by atoms with E-state index in [0.29, 0.717) is 56.3 Å². The van der Waals surface area contributed by atoms with E-state index in [0.717, 1.165) is 78.8 Å². The van der Waals surface area contributed by atoms with Crippen LogP contribution in [0.4, 0.5) is 11.4 Å². The zero-order valence-electron chi connectivity index (χ0n) is 31.3. The number of imidazole rings is 1. The number of anilines is 2. The van der Waals surface area contributed by atoms with Crippen molar-refractivity contribution in [1.82, 2.24) is 19.4 Å². The van der Waals surface area contributed by atoms with Gasteiger partial charge in [0.1, 0.15) is 5.69 Å². The molecule has 2 aromatic heterocycles. The number of aromatic nitrogens is 3. The highest BCUT2D eigenvalue weighted by Gasteiger charge is 2.32. The Bertz CT molecular complexity index is 2400. The van der Waals surface area contributed by atoms with Crippen molar-refractivity contribution in [3.8, 4) is 22.5 Å². The number of piperidine rings is 2. The maximum absolute atomic E-state index is 14.9. The Morgan fingerprint density at radius 3 is 2.46 bits per heavy atom. The van der Waals surface area contributed by atoms with E-state index >= 15 is 0 Å². The molecule has 2 fully saturated rings. The smallest absolute Gasteiger partial charge is 0.272 e. The van der Waals surface area contributed by atoms with Crippen molar-refractivity contribution in [3.05, 3.63) is 123 Å². The van der Waals surface area contributed by atoms with Crippen molar-refractivity contribution >= 4 is 68.9 Å². The second-order valence-electron chi connectivity index (χ2n) is 14.6. The van der Waals surface area contributed by atoms with Gasteiger partial charge < -0.3 is 29.4 Å². The number of H-pyrrole nitrogens is 1. The number of benzene rings is 4. The maximum atomic E-state index is 14.9. The molecule has 6 aromatic rings. The molecule has 2 saturated heterocycles. The van der Waals surface area contributed by atoms with Gasteiger partial charge in [-0.2, -0.15) is 0 Å². The molecule has 2 aliphatic heterocycles. The zero-order chi connectivity index (χ0) is 38.9. The van der Waals surface area contributed by atoms with E-state index in [4.69, 9.17) is 44.5 Å². The molecular formula is C44H43Cl3N6O3. The number of fused-ring (bicyclic) bond motifs is 1. The lowest BCUT2D eigenvalue weighted by Gasteiger charge is -2.41. The number of nitrogens with one attached hydrogen (secondary N) is 2. The molecule has 12 heteroatoms. The number of methoxy groups -OCH3 is 1. The van der Waals surface area contributed by atoms with Crippen LogP contribution in [0.5, 0.6) is 0 Å². The molecular weight excluding hydrogens is 767 g/mol. The lowest BCUT2D eigenvalue weighted by Crippen LogP contribution is -2.49. The molecule has 1 atom stereocenters. The predicted octanol–water partition coefficient (Wildman–Crippen LogP) is 10.6. The van der Waals surface area contributed by atoms with Gasteiger partial charge in [0, 0.05) is 76.3 Å². The summed E-state index contributed by atoms with van der Waals surface area (Å²) in [6, 6.07) is 27.1. The minimum absolute atomic E-state index is 0.236. The summed E-state index contributed by atoms with van der Waals surface area (Å²) in [5, 5.41) is 5.74. The van der Waals surface area contributed by atoms with Gasteiger partial charge in [-0.1, -0.05) is 83.3 Å². The number of nitrogens with zero attached hydrogens (tertiary/aromatic N) is 4. The molecule has 0 saturated carbocycles. The Hall–Kier alpha value is -4.80. The highest BCUT2D eigenvalue weighted by atomic mass is 35.5. The van der Waals surface area contributed by atoms with Crippen molar-refractivity contribution in [2.45, 2.75) is 57.7 Å². The van der Waals surface area contributed by atoms with Crippen LogP contribution in [-0.2, 0) is 16.1 Å². The first-order valence-corrected chi connectivity index (χ1v) is 20.2. The fourth-order valence-electron chi connectivity index (χ4n) is 8.32. The average molecular weight is 810 g/mol. The topological polar surface area (TPSA) is 95.5 Å². The van der Waals surface area contributed by atoms with Crippen molar-refractivity contribution in [3.63, 3.8) is 0 Å². The zero-order valence-corrected chi connectivity index (χ0v) is 33.6. The molecule has 56 heavy (non-hydrogen) atoms. The minimum Gasteiger partial charge on any atom is -0.380 e. The van der Waals surface area contributed by atoms with E-state index < -0.39 is 0 Å². The second-order valence-corrected chi connectivity index (χ2v) is 15.9. The molecule has 4 heterocycles. The second kappa shape index (κ2) is 16.4. The summed E-state index contributed by atoms with van der Waals surface area (Å²) in [5.74, 6) is -0.0507. The number of carbonyl (C=O) groups excluding carboxylic acids is 2. The summed E-state index contributed by atoms with van der Waals surface area (Å²) < 4.78 is 7.56. The molecule has 288 valence electrons. The summed E-state index contributed by atoms with van der Waals surface area (Å²) in [7, 11) is 1.66. The maximum Gasteiger partial charge on any atom is 0.272 e. The number of carbonyl (C=O) groups is 2. The van der Waals surface area contributed by atoms with Crippen LogP contribution in [0.25, 0.3) is 33.4 Å². The molecule has 2 amide bonds. The number of amides is 2. The molecule has 2 N–H and O–H groups in total. The van der Waals surface area contributed by atoms with Gasteiger partial charge in [-0.25, -0.2) is 4.98 Å². The van der Waals surface area contributed by atoms with Crippen molar-refractivity contribution in [1.29, 1.82) is 0 Å². The number of likely N-dealkylation sites (tertiary alicyclic amines) is 1. The first kappa shape index (κ1) is 38.1. The summed E-state index contributed by atoms with van der Waals surface area (Å²) >= 11 is 19.7. The highest BCUT2D eigenvalue weighted by molar-refractivity contribution is 6.35. The normalized spacial score (nSPS) is 15.8. The van der Waals surface area contributed by atoms with Gasteiger partial charge in [-0.05, 0) is 80.1 Å². The Labute approximate surface area is 341 Å². The number of aromatic amines is 1. The molecule has 0 aliphatic carbocycles. The van der Waals surface area contributed by atoms with Gasteiger partial charge in [0.25, 0.3) is 5.91 Å². The van der Waals surface area contributed by atoms with E-state index in [1.54, 1.807) is 19.5 Å². The fourth-order valence-corrected chi connectivity index (χ4v) is 9.06. The largest absolute Gasteiger partial charge is 0.380 e. The standard InChI is InChI=1S/C44H43Cl3N6O3/c1-27(33-14-12-30(45)23-35(33)47)53-26-48-41(29-8-4-3-5-9-29)43(53)40-34-15-13-31(46)24-36(34)49-42(40)44(55)50-37-22-28(25-56-2)11-16-38(37)51-20-17-32(18-21-51)52-19-7-6-10-39(52)54/h3-5,8-9,11-16,22-24,26-27,32,49H,6-7,10,17-21,25H2,1-2H3,(H,50,55)/t27-/m0/s1. The third-order valence-electron chi connectivity index (χ3n) is 11.1. The molecule has 0 bridgehead atoms. The fraction of sp³-hybridized carbons (Fsp3) is 0.295. The first-order valence-electron chi connectivity index (χ1n) is 19.1. The van der Waals surface area contributed by atoms with Crippen LogP contribution in [-0.4, -0.2) is 64.0 Å². The number of hydrogen-bond acceptors (Lipinski definition) is 5.